The van der Waals surface area contributed by atoms with E-state index in [0.717, 1.165) is 37.1 Å². The van der Waals surface area contributed by atoms with E-state index in [1.165, 1.54) is 48.3 Å². The highest BCUT2D eigenvalue weighted by atomic mass is 15.3. The zero-order chi connectivity index (χ0) is 23.1. The first-order valence-corrected chi connectivity index (χ1v) is 12.2. The summed E-state index contributed by atoms with van der Waals surface area (Å²) in [5.41, 5.74) is 6.30. The topological polar surface area (TPSA) is 57.5 Å². The van der Waals surface area contributed by atoms with Crippen molar-refractivity contribution in [2.45, 2.75) is 73.0 Å². The summed E-state index contributed by atoms with van der Waals surface area (Å²) in [7, 11) is 2.01. The molecule has 1 fully saturated rings. The van der Waals surface area contributed by atoms with Crippen LogP contribution in [-0.4, -0.2) is 46.3 Å². The van der Waals surface area contributed by atoms with Crippen LogP contribution in [0.2, 0.25) is 0 Å². The lowest BCUT2D eigenvalue weighted by Gasteiger charge is -2.30. The van der Waals surface area contributed by atoms with Crippen molar-refractivity contribution in [3.8, 4) is 0 Å². The number of guanidine groups is 1. The van der Waals surface area contributed by atoms with Gasteiger partial charge in [-0.2, -0.15) is 5.10 Å². The first kappa shape index (κ1) is 24.3. The molecule has 6 nitrogen and oxygen atoms in total. The molecule has 6 heteroatoms. The fourth-order valence-electron chi connectivity index (χ4n) is 4.42. The van der Waals surface area contributed by atoms with E-state index in [0.29, 0.717) is 6.54 Å². The van der Waals surface area contributed by atoms with Crippen LogP contribution in [0.15, 0.2) is 29.3 Å². The predicted molar refractivity (Wildman–Crippen MR) is 134 cm³/mol. The second kappa shape index (κ2) is 11.5. The number of nitrogens with one attached hydrogen (secondary N) is 2. The second-order valence-corrected chi connectivity index (χ2v) is 9.49. The van der Waals surface area contributed by atoms with E-state index in [1.54, 1.807) is 0 Å². The van der Waals surface area contributed by atoms with Crippen LogP contribution in [0.3, 0.4) is 0 Å². The summed E-state index contributed by atoms with van der Waals surface area (Å²) in [6.07, 6.45) is 3.58. The minimum absolute atomic E-state index is 0.268. The first-order valence-electron chi connectivity index (χ1n) is 12.2. The van der Waals surface area contributed by atoms with Gasteiger partial charge in [0.2, 0.25) is 0 Å². The zero-order valence-corrected chi connectivity index (χ0v) is 20.9. The summed E-state index contributed by atoms with van der Waals surface area (Å²) < 4.78 is 1.96. The Hall–Kier alpha value is -2.34. The molecule has 1 atom stereocenters. The molecule has 1 aliphatic heterocycles. The van der Waals surface area contributed by atoms with Gasteiger partial charge >= 0.3 is 0 Å². The standard InChI is InChI=1S/C26H42N6/c1-7-27-26(29-20(3)16-25-21(4)30-31(6)22(25)5)28-17-23-8-10-24(11-9-23)18-32-14-12-19(2)13-15-32/h8-11,19-20H,7,12-18H2,1-6H3,(H2,27,28,29). The van der Waals surface area contributed by atoms with Gasteiger partial charge < -0.3 is 10.6 Å². The third kappa shape index (κ3) is 6.83. The van der Waals surface area contributed by atoms with Crippen molar-refractivity contribution in [1.82, 2.24) is 25.3 Å². The summed E-state index contributed by atoms with van der Waals surface area (Å²) in [5, 5.41) is 11.5. The summed E-state index contributed by atoms with van der Waals surface area (Å²) in [6, 6.07) is 9.24. The molecule has 0 spiro atoms. The van der Waals surface area contributed by atoms with Crippen LogP contribution >= 0.6 is 0 Å². The highest BCUT2D eigenvalue weighted by Crippen LogP contribution is 2.18. The normalized spacial score (nSPS) is 16.9. The summed E-state index contributed by atoms with van der Waals surface area (Å²) in [5.74, 6) is 1.75. The highest BCUT2D eigenvalue weighted by Gasteiger charge is 2.16. The minimum Gasteiger partial charge on any atom is -0.357 e. The number of likely N-dealkylation sites (tertiary alicyclic amines) is 1. The smallest absolute Gasteiger partial charge is 0.191 e. The number of benzene rings is 1. The van der Waals surface area contributed by atoms with E-state index in [9.17, 15) is 0 Å². The van der Waals surface area contributed by atoms with Gasteiger partial charge in [0.1, 0.15) is 0 Å². The van der Waals surface area contributed by atoms with Crippen LogP contribution in [0.5, 0.6) is 0 Å². The van der Waals surface area contributed by atoms with Crippen LogP contribution in [0.4, 0.5) is 0 Å². The number of hydrogen-bond donors (Lipinski definition) is 2. The lowest BCUT2D eigenvalue weighted by Crippen LogP contribution is -2.43. The Bertz CT molecular complexity index is 874. The fourth-order valence-corrected chi connectivity index (χ4v) is 4.42. The molecule has 0 amide bonds. The predicted octanol–water partition coefficient (Wildman–Crippen LogP) is 3.96. The van der Waals surface area contributed by atoms with Gasteiger partial charge in [-0.05, 0) is 82.7 Å². The molecule has 1 aromatic carbocycles. The van der Waals surface area contributed by atoms with E-state index < -0.39 is 0 Å². The average Bonchev–Trinajstić information content (AvgIpc) is 3.00. The van der Waals surface area contributed by atoms with Gasteiger partial charge in [0.15, 0.2) is 5.96 Å². The van der Waals surface area contributed by atoms with Gasteiger partial charge in [-0.25, -0.2) is 4.99 Å². The molecule has 1 aromatic heterocycles. The molecule has 1 saturated heterocycles. The van der Waals surface area contributed by atoms with Crippen molar-refractivity contribution >= 4 is 5.96 Å². The molecule has 1 unspecified atom stereocenters. The maximum Gasteiger partial charge on any atom is 0.191 e. The molecule has 3 rings (SSSR count). The molecule has 1 aliphatic rings. The van der Waals surface area contributed by atoms with Crippen LogP contribution in [0.1, 0.15) is 61.7 Å². The maximum atomic E-state index is 4.83. The second-order valence-electron chi connectivity index (χ2n) is 9.49. The van der Waals surface area contributed by atoms with E-state index in [2.05, 4.69) is 79.5 Å². The molecule has 2 N–H and O–H groups in total. The number of hydrogen-bond acceptors (Lipinski definition) is 3. The van der Waals surface area contributed by atoms with Crippen molar-refractivity contribution in [1.29, 1.82) is 0 Å². The van der Waals surface area contributed by atoms with Gasteiger partial charge in [-0.3, -0.25) is 9.58 Å². The van der Waals surface area contributed by atoms with Crippen molar-refractivity contribution < 1.29 is 0 Å². The van der Waals surface area contributed by atoms with E-state index in [-0.39, 0.29) is 6.04 Å². The largest absolute Gasteiger partial charge is 0.357 e. The Kier molecular flexibility index (Phi) is 8.74. The molecular formula is C26H42N6. The Morgan fingerprint density at radius 1 is 1.16 bits per heavy atom. The lowest BCUT2D eigenvalue weighted by atomic mass is 9.99. The fraction of sp³-hybridized carbons (Fsp3) is 0.615. The molecular weight excluding hydrogens is 396 g/mol. The monoisotopic (exact) mass is 438 g/mol. The minimum atomic E-state index is 0.268. The number of nitrogens with zero attached hydrogens (tertiary/aromatic N) is 4. The number of aryl methyl sites for hydroxylation is 2. The molecule has 2 aromatic rings. The number of piperidine rings is 1. The Morgan fingerprint density at radius 2 is 1.81 bits per heavy atom. The van der Waals surface area contributed by atoms with Gasteiger partial charge in [-0.1, -0.05) is 31.2 Å². The molecule has 176 valence electrons. The van der Waals surface area contributed by atoms with Crippen molar-refractivity contribution in [2.75, 3.05) is 19.6 Å². The maximum absolute atomic E-state index is 4.83. The van der Waals surface area contributed by atoms with E-state index in [4.69, 9.17) is 4.99 Å². The summed E-state index contributed by atoms with van der Waals surface area (Å²) in [4.78, 5) is 7.41. The van der Waals surface area contributed by atoms with Crippen molar-refractivity contribution in [3.05, 3.63) is 52.3 Å². The molecule has 0 saturated carbocycles. The molecule has 0 bridgehead atoms. The van der Waals surface area contributed by atoms with Crippen molar-refractivity contribution in [2.24, 2.45) is 18.0 Å². The van der Waals surface area contributed by atoms with Gasteiger partial charge in [0.05, 0.1) is 12.2 Å². The zero-order valence-electron chi connectivity index (χ0n) is 20.9. The third-order valence-electron chi connectivity index (χ3n) is 6.62. The Balaban J connectivity index is 1.54. The Morgan fingerprint density at radius 3 is 2.41 bits per heavy atom. The molecule has 0 aliphatic carbocycles. The average molecular weight is 439 g/mol. The number of aliphatic imine (C=N–C) groups is 1. The van der Waals surface area contributed by atoms with Crippen LogP contribution < -0.4 is 10.6 Å². The first-order chi connectivity index (χ1) is 15.4. The van der Waals surface area contributed by atoms with Gasteiger partial charge in [0.25, 0.3) is 0 Å². The van der Waals surface area contributed by atoms with Gasteiger partial charge in [0, 0.05) is 31.9 Å². The van der Waals surface area contributed by atoms with Gasteiger partial charge in [-0.15, -0.1) is 0 Å². The SMILES string of the molecule is CCNC(=NCc1ccc(CN2CCC(C)CC2)cc1)NC(C)Cc1c(C)nn(C)c1C. The van der Waals surface area contributed by atoms with Crippen LogP contribution in [-0.2, 0) is 26.6 Å². The summed E-state index contributed by atoms with van der Waals surface area (Å²) >= 11 is 0. The summed E-state index contributed by atoms with van der Waals surface area (Å²) in [6.45, 7) is 15.9. The molecule has 32 heavy (non-hydrogen) atoms. The molecule has 0 radical (unpaired) electrons. The van der Waals surface area contributed by atoms with Crippen molar-refractivity contribution in [3.63, 3.8) is 0 Å². The van der Waals surface area contributed by atoms with Crippen LogP contribution in [0.25, 0.3) is 0 Å². The quantitative estimate of drug-likeness (QED) is 0.484. The number of aromatic nitrogens is 2. The highest BCUT2D eigenvalue weighted by molar-refractivity contribution is 5.80. The van der Waals surface area contributed by atoms with E-state index in [1.807, 2.05) is 11.7 Å². The van der Waals surface area contributed by atoms with Crippen LogP contribution in [0, 0.1) is 19.8 Å². The lowest BCUT2D eigenvalue weighted by molar-refractivity contribution is 0.185. The molecule has 2 heterocycles. The Labute approximate surface area is 194 Å². The third-order valence-corrected chi connectivity index (χ3v) is 6.62. The van der Waals surface area contributed by atoms with E-state index >= 15 is 0 Å². The number of rotatable bonds is 8.